The van der Waals surface area contributed by atoms with Crippen LogP contribution in [0.3, 0.4) is 0 Å². The average Bonchev–Trinajstić information content (AvgIpc) is 2.54. The number of amides is 2. The molecule has 1 atom stereocenters. The largest absolute Gasteiger partial charge is 0.340 e. The van der Waals surface area contributed by atoms with Gasteiger partial charge in [-0.05, 0) is 71.8 Å². The van der Waals surface area contributed by atoms with Crippen LogP contribution in [0.1, 0.15) is 29.8 Å². The molecule has 0 aliphatic heterocycles. The van der Waals surface area contributed by atoms with Gasteiger partial charge in [-0.25, -0.2) is 0 Å². The van der Waals surface area contributed by atoms with Gasteiger partial charge in [0.05, 0.1) is 0 Å². The minimum atomic E-state index is -0.600. The number of aryl methyl sites for hydroxylation is 1. The van der Waals surface area contributed by atoms with Crippen molar-refractivity contribution >= 4 is 40.1 Å². The molecule has 0 heterocycles. The smallest absolute Gasteiger partial charge is 0.251 e. The van der Waals surface area contributed by atoms with Crippen molar-refractivity contribution in [2.75, 3.05) is 5.32 Å². The van der Waals surface area contributed by atoms with E-state index >= 15 is 0 Å². The molecule has 0 bridgehead atoms. The first-order chi connectivity index (χ1) is 11.4. The van der Waals surface area contributed by atoms with Gasteiger partial charge >= 0.3 is 0 Å². The highest BCUT2D eigenvalue weighted by Crippen LogP contribution is 2.13. The molecule has 2 N–H and O–H groups in total. The molecule has 0 radical (unpaired) electrons. The Hall–Kier alpha value is -1.89. The lowest BCUT2D eigenvalue weighted by Crippen LogP contribution is -2.47. The van der Waals surface area contributed by atoms with E-state index in [0.717, 1.165) is 14.8 Å². The van der Waals surface area contributed by atoms with Gasteiger partial charge in [0.1, 0.15) is 6.04 Å². The van der Waals surface area contributed by atoms with E-state index in [1.165, 1.54) is 0 Å². The maximum Gasteiger partial charge on any atom is 0.251 e. The van der Waals surface area contributed by atoms with Crippen molar-refractivity contribution in [3.05, 3.63) is 63.2 Å². The fourth-order valence-corrected chi connectivity index (χ4v) is 2.66. The minimum Gasteiger partial charge on any atom is -0.340 e. The number of rotatable bonds is 5. The normalized spacial score (nSPS) is 11.9. The van der Waals surface area contributed by atoms with E-state index in [9.17, 15) is 9.59 Å². The van der Waals surface area contributed by atoms with Gasteiger partial charge in [-0.2, -0.15) is 0 Å². The summed E-state index contributed by atoms with van der Waals surface area (Å²) in [5.41, 5.74) is 2.28. The molecular formula is C19H21IN2O2. The summed E-state index contributed by atoms with van der Waals surface area (Å²) in [5.74, 6) is -0.482. The van der Waals surface area contributed by atoms with E-state index in [1.54, 1.807) is 6.07 Å². The summed E-state index contributed by atoms with van der Waals surface area (Å²) in [6, 6.07) is 14.3. The maximum absolute atomic E-state index is 12.5. The molecule has 1 unspecified atom stereocenters. The second kappa shape index (κ2) is 8.28. The molecule has 0 aliphatic carbocycles. The summed E-state index contributed by atoms with van der Waals surface area (Å²) in [7, 11) is 0. The average molecular weight is 436 g/mol. The first-order valence-electron chi connectivity index (χ1n) is 7.81. The zero-order valence-corrected chi connectivity index (χ0v) is 16.1. The standard InChI is InChI=1S/C19H21IN2O2/c1-12(2)17(19(24)21-16-9-7-15(20)8-10-16)22-18(23)14-6-4-5-13(3)11-14/h4-12,17H,1-3H3,(H,21,24)(H,22,23). The highest BCUT2D eigenvalue weighted by molar-refractivity contribution is 14.1. The lowest BCUT2D eigenvalue weighted by atomic mass is 10.0. The van der Waals surface area contributed by atoms with Crippen LogP contribution in [0.15, 0.2) is 48.5 Å². The maximum atomic E-state index is 12.5. The third-order valence-corrected chi connectivity index (χ3v) is 4.35. The van der Waals surface area contributed by atoms with Gasteiger partial charge in [-0.1, -0.05) is 31.5 Å². The molecule has 5 heteroatoms. The zero-order chi connectivity index (χ0) is 17.7. The van der Waals surface area contributed by atoms with Gasteiger partial charge in [-0.3, -0.25) is 9.59 Å². The number of carbonyl (C=O) groups is 2. The Morgan fingerprint density at radius 1 is 1.04 bits per heavy atom. The Morgan fingerprint density at radius 2 is 1.71 bits per heavy atom. The molecular weight excluding hydrogens is 415 g/mol. The van der Waals surface area contributed by atoms with E-state index in [1.807, 2.05) is 63.2 Å². The third-order valence-electron chi connectivity index (χ3n) is 3.63. The fourth-order valence-electron chi connectivity index (χ4n) is 2.30. The molecule has 2 amide bonds. The van der Waals surface area contributed by atoms with Crippen LogP contribution >= 0.6 is 22.6 Å². The highest BCUT2D eigenvalue weighted by atomic mass is 127. The molecule has 2 rings (SSSR count). The van der Waals surface area contributed by atoms with Crippen LogP contribution in [0.4, 0.5) is 5.69 Å². The molecule has 0 fully saturated rings. The highest BCUT2D eigenvalue weighted by Gasteiger charge is 2.24. The Balaban J connectivity index is 2.09. The van der Waals surface area contributed by atoms with Crippen LogP contribution in [0.5, 0.6) is 0 Å². The van der Waals surface area contributed by atoms with Crippen LogP contribution in [0.25, 0.3) is 0 Å². The molecule has 0 aromatic heterocycles. The number of nitrogens with one attached hydrogen (secondary N) is 2. The molecule has 24 heavy (non-hydrogen) atoms. The lowest BCUT2D eigenvalue weighted by Gasteiger charge is -2.22. The Morgan fingerprint density at radius 3 is 2.29 bits per heavy atom. The molecule has 0 saturated heterocycles. The van der Waals surface area contributed by atoms with Crippen molar-refractivity contribution in [1.82, 2.24) is 5.32 Å². The van der Waals surface area contributed by atoms with E-state index in [2.05, 4.69) is 33.2 Å². The van der Waals surface area contributed by atoms with Crippen LogP contribution < -0.4 is 10.6 Å². The van der Waals surface area contributed by atoms with Gasteiger partial charge < -0.3 is 10.6 Å². The topological polar surface area (TPSA) is 58.2 Å². The number of anilines is 1. The Kier molecular flexibility index (Phi) is 6.36. The first-order valence-corrected chi connectivity index (χ1v) is 8.88. The molecule has 0 saturated carbocycles. The summed E-state index contributed by atoms with van der Waals surface area (Å²) in [5, 5.41) is 5.70. The number of hydrogen-bond acceptors (Lipinski definition) is 2. The Bertz CT molecular complexity index is 726. The number of halogens is 1. The van der Waals surface area contributed by atoms with Crippen molar-refractivity contribution < 1.29 is 9.59 Å². The lowest BCUT2D eigenvalue weighted by molar-refractivity contribution is -0.118. The van der Waals surface area contributed by atoms with Gasteiger partial charge in [0.25, 0.3) is 5.91 Å². The van der Waals surface area contributed by atoms with E-state index in [0.29, 0.717) is 5.56 Å². The predicted octanol–water partition coefficient (Wildman–Crippen LogP) is 3.99. The van der Waals surface area contributed by atoms with Crippen molar-refractivity contribution in [3.63, 3.8) is 0 Å². The summed E-state index contributed by atoms with van der Waals surface area (Å²) < 4.78 is 1.10. The van der Waals surface area contributed by atoms with Crippen LogP contribution in [0.2, 0.25) is 0 Å². The monoisotopic (exact) mass is 436 g/mol. The van der Waals surface area contributed by atoms with Crippen LogP contribution in [-0.2, 0) is 4.79 Å². The van der Waals surface area contributed by atoms with Crippen molar-refractivity contribution in [2.45, 2.75) is 26.8 Å². The molecule has 4 nitrogen and oxygen atoms in total. The summed E-state index contributed by atoms with van der Waals surface area (Å²) in [6.07, 6.45) is 0. The molecule has 2 aromatic rings. The van der Waals surface area contributed by atoms with Gasteiger partial charge in [0, 0.05) is 14.8 Å². The van der Waals surface area contributed by atoms with Crippen LogP contribution in [0, 0.1) is 16.4 Å². The fraction of sp³-hybridized carbons (Fsp3) is 0.263. The SMILES string of the molecule is Cc1cccc(C(=O)NC(C(=O)Nc2ccc(I)cc2)C(C)C)c1. The zero-order valence-electron chi connectivity index (χ0n) is 14.0. The van der Waals surface area contributed by atoms with Crippen molar-refractivity contribution in [2.24, 2.45) is 5.92 Å². The van der Waals surface area contributed by atoms with Crippen molar-refractivity contribution in [1.29, 1.82) is 0 Å². The first kappa shape index (κ1) is 18.4. The van der Waals surface area contributed by atoms with E-state index in [4.69, 9.17) is 0 Å². The summed E-state index contributed by atoms with van der Waals surface area (Å²) >= 11 is 2.21. The van der Waals surface area contributed by atoms with E-state index in [-0.39, 0.29) is 17.7 Å². The quantitative estimate of drug-likeness (QED) is 0.697. The van der Waals surface area contributed by atoms with Gasteiger partial charge in [-0.15, -0.1) is 0 Å². The second-order valence-electron chi connectivity index (χ2n) is 6.06. The molecule has 0 spiro atoms. The van der Waals surface area contributed by atoms with Crippen molar-refractivity contribution in [3.8, 4) is 0 Å². The minimum absolute atomic E-state index is 0.0254. The summed E-state index contributed by atoms with van der Waals surface area (Å²) in [4.78, 5) is 25.0. The predicted molar refractivity (Wildman–Crippen MR) is 105 cm³/mol. The van der Waals surface area contributed by atoms with E-state index < -0.39 is 6.04 Å². The Labute approximate surface area is 156 Å². The third kappa shape index (κ3) is 5.06. The second-order valence-corrected chi connectivity index (χ2v) is 7.31. The molecule has 2 aromatic carbocycles. The summed E-state index contributed by atoms with van der Waals surface area (Å²) in [6.45, 7) is 5.75. The number of benzene rings is 2. The number of hydrogen-bond donors (Lipinski definition) is 2. The molecule has 0 aliphatic rings. The molecule has 126 valence electrons. The van der Waals surface area contributed by atoms with Crippen LogP contribution in [-0.4, -0.2) is 17.9 Å². The van der Waals surface area contributed by atoms with Gasteiger partial charge in [0.15, 0.2) is 0 Å². The number of carbonyl (C=O) groups excluding carboxylic acids is 2. The van der Waals surface area contributed by atoms with Gasteiger partial charge in [0.2, 0.25) is 5.91 Å².